The van der Waals surface area contributed by atoms with Gasteiger partial charge >= 0.3 is 0 Å². The van der Waals surface area contributed by atoms with Crippen molar-refractivity contribution in [2.45, 2.75) is 33.2 Å². The van der Waals surface area contributed by atoms with Crippen molar-refractivity contribution in [3.05, 3.63) is 29.3 Å². The molecule has 0 aromatic heterocycles. The summed E-state index contributed by atoms with van der Waals surface area (Å²) in [5.41, 5.74) is 9.76. The standard InChI is InChI=1S/C16H27N3/c1-4-18-9-10-19(12-14(18)3)16-6-5-15(7-8-17)13(2)11-16/h5-6,11,14H,4,7-10,12,17H2,1-3H3. The Morgan fingerprint density at radius 3 is 2.68 bits per heavy atom. The molecule has 1 saturated heterocycles. The third-order valence-corrected chi connectivity index (χ3v) is 4.28. The number of nitrogens with zero attached hydrogens (tertiary/aromatic N) is 2. The van der Waals surface area contributed by atoms with Crippen molar-refractivity contribution in [1.82, 2.24) is 4.90 Å². The summed E-state index contributed by atoms with van der Waals surface area (Å²) >= 11 is 0. The van der Waals surface area contributed by atoms with E-state index < -0.39 is 0 Å². The maximum atomic E-state index is 5.64. The first-order chi connectivity index (χ1) is 9.15. The second-order valence-corrected chi connectivity index (χ2v) is 5.57. The molecule has 0 bridgehead atoms. The highest BCUT2D eigenvalue weighted by Crippen LogP contribution is 2.22. The van der Waals surface area contributed by atoms with E-state index in [1.54, 1.807) is 0 Å². The van der Waals surface area contributed by atoms with Crippen molar-refractivity contribution in [2.75, 3.05) is 37.6 Å². The molecular formula is C16H27N3. The van der Waals surface area contributed by atoms with Crippen LogP contribution < -0.4 is 10.6 Å². The lowest BCUT2D eigenvalue weighted by Crippen LogP contribution is -2.51. The first kappa shape index (κ1) is 14.4. The molecule has 106 valence electrons. The molecule has 1 fully saturated rings. The lowest BCUT2D eigenvalue weighted by molar-refractivity contribution is 0.199. The first-order valence-corrected chi connectivity index (χ1v) is 7.44. The largest absolute Gasteiger partial charge is 0.369 e. The average molecular weight is 261 g/mol. The smallest absolute Gasteiger partial charge is 0.0370 e. The molecule has 0 spiro atoms. The fourth-order valence-electron chi connectivity index (χ4n) is 3.01. The molecule has 1 aromatic rings. The number of benzene rings is 1. The van der Waals surface area contributed by atoms with Crippen LogP contribution in [0.1, 0.15) is 25.0 Å². The van der Waals surface area contributed by atoms with Crippen LogP contribution in [-0.4, -0.2) is 43.7 Å². The van der Waals surface area contributed by atoms with Gasteiger partial charge in [-0.1, -0.05) is 13.0 Å². The number of hydrogen-bond donors (Lipinski definition) is 1. The Kier molecular flexibility index (Phi) is 4.83. The van der Waals surface area contributed by atoms with E-state index in [1.807, 2.05) is 0 Å². The Hall–Kier alpha value is -1.06. The summed E-state index contributed by atoms with van der Waals surface area (Å²) in [6.45, 7) is 12.1. The van der Waals surface area contributed by atoms with Crippen LogP contribution in [0.4, 0.5) is 5.69 Å². The molecule has 19 heavy (non-hydrogen) atoms. The van der Waals surface area contributed by atoms with E-state index in [4.69, 9.17) is 5.73 Å². The molecule has 1 atom stereocenters. The van der Waals surface area contributed by atoms with Gasteiger partial charge in [-0.25, -0.2) is 0 Å². The fourth-order valence-corrected chi connectivity index (χ4v) is 3.01. The van der Waals surface area contributed by atoms with Crippen molar-refractivity contribution in [3.8, 4) is 0 Å². The second-order valence-electron chi connectivity index (χ2n) is 5.57. The minimum absolute atomic E-state index is 0.641. The SMILES string of the molecule is CCN1CCN(c2ccc(CCN)c(C)c2)CC1C. The van der Waals surface area contributed by atoms with Crippen LogP contribution in [0, 0.1) is 6.92 Å². The Morgan fingerprint density at radius 2 is 2.11 bits per heavy atom. The van der Waals surface area contributed by atoms with Crippen LogP contribution in [0.2, 0.25) is 0 Å². The van der Waals surface area contributed by atoms with E-state index >= 15 is 0 Å². The molecule has 1 aromatic carbocycles. The highest BCUT2D eigenvalue weighted by atomic mass is 15.3. The van der Waals surface area contributed by atoms with Gasteiger partial charge in [-0.2, -0.15) is 0 Å². The number of aryl methyl sites for hydroxylation is 1. The summed E-state index contributed by atoms with van der Waals surface area (Å²) in [7, 11) is 0. The zero-order valence-corrected chi connectivity index (χ0v) is 12.5. The summed E-state index contributed by atoms with van der Waals surface area (Å²) in [4.78, 5) is 5.06. The minimum Gasteiger partial charge on any atom is -0.369 e. The fraction of sp³-hybridized carbons (Fsp3) is 0.625. The number of anilines is 1. The van der Waals surface area contributed by atoms with Gasteiger partial charge in [0.05, 0.1) is 0 Å². The number of rotatable bonds is 4. The highest BCUT2D eigenvalue weighted by molar-refractivity contribution is 5.51. The van der Waals surface area contributed by atoms with E-state index in [1.165, 1.54) is 23.4 Å². The van der Waals surface area contributed by atoms with Gasteiger partial charge in [-0.15, -0.1) is 0 Å². The van der Waals surface area contributed by atoms with E-state index in [0.29, 0.717) is 6.04 Å². The van der Waals surface area contributed by atoms with Crippen molar-refractivity contribution >= 4 is 5.69 Å². The highest BCUT2D eigenvalue weighted by Gasteiger charge is 2.22. The lowest BCUT2D eigenvalue weighted by atomic mass is 10.0. The molecule has 1 heterocycles. The molecule has 1 aliphatic rings. The molecule has 0 amide bonds. The molecule has 0 radical (unpaired) electrons. The maximum absolute atomic E-state index is 5.64. The molecule has 2 N–H and O–H groups in total. The monoisotopic (exact) mass is 261 g/mol. The van der Waals surface area contributed by atoms with Crippen molar-refractivity contribution in [1.29, 1.82) is 0 Å². The predicted molar refractivity (Wildman–Crippen MR) is 82.9 cm³/mol. The van der Waals surface area contributed by atoms with Crippen molar-refractivity contribution in [2.24, 2.45) is 5.73 Å². The Labute approximate surface area is 117 Å². The van der Waals surface area contributed by atoms with Crippen LogP contribution in [0.5, 0.6) is 0 Å². The van der Waals surface area contributed by atoms with E-state index in [2.05, 4.69) is 48.8 Å². The molecule has 1 aliphatic heterocycles. The molecule has 2 rings (SSSR count). The molecule has 0 aliphatic carbocycles. The van der Waals surface area contributed by atoms with Crippen LogP contribution in [-0.2, 0) is 6.42 Å². The van der Waals surface area contributed by atoms with Gasteiger partial charge in [-0.05, 0) is 56.6 Å². The quantitative estimate of drug-likeness (QED) is 0.900. The molecular weight excluding hydrogens is 234 g/mol. The zero-order valence-electron chi connectivity index (χ0n) is 12.5. The van der Waals surface area contributed by atoms with Crippen LogP contribution in [0.3, 0.4) is 0 Å². The predicted octanol–water partition coefficient (Wildman–Crippen LogP) is 2.03. The number of hydrogen-bond acceptors (Lipinski definition) is 3. The number of nitrogens with two attached hydrogens (primary N) is 1. The number of piperazine rings is 1. The first-order valence-electron chi connectivity index (χ1n) is 7.44. The number of likely N-dealkylation sites (N-methyl/N-ethyl adjacent to an activating group) is 1. The zero-order chi connectivity index (χ0) is 13.8. The van der Waals surface area contributed by atoms with Gasteiger partial charge in [0, 0.05) is 31.4 Å². The van der Waals surface area contributed by atoms with Gasteiger partial charge in [0.1, 0.15) is 0 Å². The van der Waals surface area contributed by atoms with Gasteiger partial charge < -0.3 is 10.6 Å². The Bertz CT molecular complexity index is 416. The average Bonchev–Trinajstić information content (AvgIpc) is 2.41. The van der Waals surface area contributed by atoms with E-state index in [0.717, 1.165) is 32.6 Å². The third-order valence-electron chi connectivity index (χ3n) is 4.28. The summed E-state index contributed by atoms with van der Waals surface area (Å²) in [5.74, 6) is 0. The minimum atomic E-state index is 0.641. The van der Waals surface area contributed by atoms with Gasteiger partial charge in [0.15, 0.2) is 0 Å². The summed E-state index contributed by atoms with van der Waals surface area (Å²) < 4.78 is 0. The topological polar surface area (TPSA) is 32.5 Å². The Morgan fingerprint density at radius 1 is 1.32 bits per heavy atom. The van der Waals surface area contributed by atoms with Crippen LogP contribution in [0.25, 0.3) is 0 Å². The summed E-state index contributed by atoms with van der Waals surface area (Å²) in [6, 6.07) is 7.46. The third kappa shape index (κ3) is 3.28. The molecule has 1 unspecified atom stereocenters. The summed E-state index contributed by atoms with van der Waals surface area (Å²) in [5, 5.41) is 0. The van der Waals surface area contributed by atoms with Crippen molar-refractivity contribution in [3.63, 3.8) is 0 Å². The van der Waals surface area contributed by atoms with Gasteiger partial charge in [-0.3, -0.25) is 4.90 Å². The van der Waals surface area contributed by atoms with E-state index in [9.17, 15) is 0 Å². The molecule has 0 saturated carbocycles. The Balaban J connectivity index is 2.08. The molecule has 3 heteroatoms. The van der Waals surface area contributed by atoms with Crippen molar-refractivity contribution < 1.29 is 0 Å². The normalized spacial score (nSPS) is 20.8. The van der Waals surface area contributed by atoms with Gasteiger partial charge in [0.2, 0.25) is 0 Å². The van der Waals surface area contributed by atoms with Crippen LogP contribution >= 0.6 is 0 Å². The van der Waals surface area contributed by atoms with E-state index in [-0.39, 0.29) is 0 Å². The van der Waals surface area contributed by atoms with Crippen LogP contribution in [0.15, 0.2) is 18.2 Å². The van der Waals surface area contributed by atoms with Gasteiger partial charge in [0.25, 0.3) is 0 Å². The lowest BCUT2D eigenvalue weighted by Gasteiger charge is -2.40. The summed E-state index contributed by atoms with van der Waals surface area (Å²) in [6.07, 6.45) is 0.978. The second kappa shape index (κ2) is 6.40. The maximum Gasteiger partial charge on any atom is 0.0370 e. The molecule has 3 nitrogen and oxygen atoms in total.